The summed E-state index contributed by atoms with van der Waals surface area (Å²) in [6.07, 6.45) is 0.309. The van der Waals surface area contributed by atoms with Crippen molar-refractivity contribution in [1.29, 1.82) is 0 Å². The van der Waals surface area contributed by atoms with Crippen molar-refractivity contribution in [1.82, 2.24) is 5.32 Å². The highest BCUT2D eigenvalue weighted by molar-refractivity contribution is 6.34. The maximum absolute atomic E-state index is 12.7. The average molecular weight is 440 g/mol. The first-order valence-corrected chi connectivity index (χ1v) is 9.38. The van der Waals surface area contributed by atoms with Gasteiger partial charge in [-0.25, -0.2) is 0 Å². The highest BCUT2D eigenvalue weighted by Crippen LogP contribution is 2.27. The Hall–Kier alpha value is -2.84. The number of nitrogens with one attached hydrogen (secondary N) is 2. The lowest BCUT2D eigenvalue weighted by molar-refractivity contribution is -0.384. The zero-order chi connectivity index (χ0) is 21.7. The van der Waals surface area contributed by atoms with E-state index in [9.17, 15) is 24.8 Å². The van der Waals surface area contributed by atoms with Crippen molar-refractivity contribution in [3.05, 3.63) is 62.1 Å². The van der Waals surface area contributed by atoms with E-state index in [1.165, 1.54) is 30.3 Å². The van der Waals surface area contributed by atoms with Gasteiger partial charge in [-0.1, -0.05) is 37.0 Å². The van der Waals surface area contributed by atoms with E-state index in [2.05, 4.69) is 10.6 Å². The van der Waals surface area contributed by atoms with E-state index in [1.807, 2.05) is 13.8 Å². The number of nitrogens with zero attached hydrogens (tertiary/aromatic N) is 1. The Labute approximate surface area is 177 Å². The van der Waals surface area contributed by atoms with Gasteiger partial charge in [0, 0.05) is 17.2 Å². The number of non-ortho nitro benzene ring substituents is 1. The normalized spacial score (nSPS) is 11.8. The summed E-state index contributed by atoms with van der Waals surface area (Å²) < 4.78 is 0. The third kappa shape index (κ3) is 6.07. The number of hydrogen-bond donors (Lipinski definition) is 3. The molecular formula is C19H19Cl2N3O5. The summed E-state index contributed by atoms with van der Waals surface area (Å²) in [6, 6.07) is 6.72. The van der Waals surface area contributed by atoms with Crippen LogP contribution in [0.4, 0.5) is 11.4 Å². The third-order valence-corrected chi connectivity index (χ3v) is 4.50. The number of phenolic OH excluding ortho intramolecular Hbond substituents is 1. The van der Waals surface area contributed by atoms with E-state index < -0.39 is 22.8 Å². The van der Waals surface area contributed by atoms with E-state index in [0.717, 1.165) is 6.07 Å². The molecule has 0 fully saturated rings. The van der Waals surface area contributed by atoms with Crippen molar-refractivity contribution in [3.63, 3.8) is 0 Å². The van der Waals surface area contributed by atoms with E-state index in [-0.39, 0.29) is 38.7 Å². The van der Waals surface area contributed by atoms with Gasteiger partial charge in [-0.2, -0.15) is 0 Å². The van der Waals surface area contributed by atoms with Crippen LogP contribution in [0.25, 0.3) is 0 Å². The van der Waals surface area contributed by atoms with Gasteiger partial charge in [0.25, 0.3) is 11.6 Å². The molecule has 8 nitrogen and oxygen atoms in total. The minimum Gasteiger partial charge on any atom is -0.507 e. The van der Waals surface area contributed by atoms with Gasteiger partial charge in [0.05, 0.1) is 21.2 Å². The van der Waals surface area contributed by atoms with Crippen LogP contribution in [0.1, 0.15) is 30.6 Å². The second-order valence-electron chi connectivity index (χ2n) is 6.73. The van der Waals surface area contributed by atoms with Crippen LogP contribution in [0.15, 0.2) is 36.4 Å². The summed E-state index contributed by atoms with van der Waals surface area (Å²) in [5.41, 5.74) is -0.0974. The van der Waals surface area contributed by atoms with Gasteiger partial charge in [-0.05, 0) is 36.6 Å². The molecule has 0 aliphatic heterocycles. The fourth-order valence-corrected chi connectivity index (χ4v) is 2.96. The molecule has 2 aromatic carbocycles. The Morgan fingerprint density at radius 1 is 1.17 bits per heavy atom. The highest BCUT2D eigenvalue weighted by atomic mass is 35.5. The second kappa shape index (κ2) is 9.58. The Kier molecular flexibility index (Phi) is 7.41. The van der Waals surface area contributed by atoms with Crippen molar-refractivity contribution in [3.8, 4) is 5.75 Å². The largest absolute Gasteiger partial charge is 0.507 e. The van der Waals surface area contributed by atoms with Crippen molar-refractivity contribution in [2.75, 3.05) is 5.32 Å². The summed E-state index contributed by atoms with van der Waals surface area (Å²) in [5.74, 6) is -1.43. The Balaban J connectivity index is 2.21. The first kappa shape index (κ1) is 22.4. The van der Waals surface area contributed by atoms with E-state index in [4.69, 9.17) is 23.2 Å². The molecule has 3 N–H and O–H groups in total. The minimum atomic E-state index is -0.938. The number of phenols is 1. The lowest BCUT2D eigenvalue weighted by atomic mass is 10.0. The number of amides is 2. The molecule has 0 aliphatic carbocycles. The van der Waals surface area contributed by atoms with Crippen LogP contribution in [-0.4, -0.2) is 27.9 Å². The van der Waals surface area contributed by atoms with Gasteiger partial charge < -0.3 is 15.7 Å². The number of hydrogen-bond acceptors (Lipinski definition) is 5. The maximum Gasteiger partial charge on any atom is 0.271 e. The topological polar surface area (TPSA) is 122 Å². The first-order chi connectivity index (χ1) is 13.6. The summed E-state index contributed by atoms with van der Waals surface area (Å²) in [4.78, 5) is 35.5. The number of anilines is 1. The number of carbonyl (C=O) groups excluding carboxylic acids is 2. The molecule has 2 aromatic rings. The van der Waals surface area contributed by atoms with Crippen molar-refractivity contribution in [2.24, 2.45) is 5.92 Å². The van der Waals surface area contributed by atoms with Gasteiger partial charge in [0.1, 0.15) is 11.8 Å². The Morgan fingerprint density at radius 2 is 1.86 bits per heavy atom. The lowest BCUT2D eigenvalue weighted by Gasteiger charge is -2.21. The van der Waals surface area contributed by atoms with Gasteiger partial charge in [-0.3, -0.25) is 19.7 Å². The van der Waals surface area contributed by atoms with Crippen LogP contribution >= 0.6 is 23.2 Å². The first-order valence-electron chi connectivity index (χ1n) is 8.62. The van der Waals surface area contributed by atoms with Gasteiger partial charge in [0.15, 0.2) is 0 Å². The van der Waals surface area contributed by atoms with Crippen LogP contribution in [-0.2, 0) is 4.79 Å². The number of carbonyl (C=O) groups is 2. The summed E-state index contributed by atoms with van der Waals surface area (Å²) >= 11 is 11.9. The molecular weight excluding hydrogens is 421 g/mol. The maximum atomic E-state index is 12.7. The van der Waals surface area contributed by atoms with Crippen LogP contribution in [0.3, 0.4) is 0 Å². The van der Waals surface area contributed by atoms with Crippen LogP contribution in [0, 0.1) is 16.0 Å². The summed E-state index contributed by atoms with van der Waals surface area (Å²) in [7, 11) is 0. The quantitative estimate of drug-likeness (QED) is 0.436. The molecule has 10 heteroatoms. The molecule has 0 heterocycles. The molecule has 1 atom stereocenters. The molecule has 29 heavy (non-hydrogen) atoms. The standard InChI is InChI=1S/C19H19Cl2N3O5/c1-10(2)7-16(23-18(26)13-8-11(20)3-6-17(13)25)19(27)22-15-5-4-12(24(28)29)9-14(15)21/h3-6,8-10,16,25H,7H2,1-2H3,(H,22,27)(H,23,26)/t16-/m0/s1. The number of nitro groups is 1. The van der Waals surface area contributed by atoms with Gasteiger partial charge >= 0.3 is 0 Å². The molecule has 0 saturated heterocycles. The second-order valence-corrected chi connectivity index (χ2v) is 7.57. The molecule has 2 rings (SSSR count). The SMILES string of the molecule is CC(C)C[C@H](NC(=O)c1cc(Cl)ccc1O)C(=O)Nc1ccc([N+](=O)[O-])cc1Cl. The summed E-state index contributed by atoms with van der Waals surface area (Å²) in [6.45, 7) is 3.75. The number of halogens is 2. The monoisotopic (exact) mass is 439 g/mol. The van der Waals surface area contributed by atoms with Crippen LogP contribution < -0.4 is 10.6 Å². The number of rotatable bonds is 7. The van der Waals surface area contributed by atoms with E-state index >= 15 is 0 Å². The van der Waals surface area contributed by atoms with Crippen molar-refractivity contribution >= 4 is 46.4 Å². The highest BCUT2D eigenvalue weighted by Gasteiger charge is 2.25. The Bertz CT molecular complexity index is 949. The molecule has 0 spiro atoms. The lowest BCUT2D eigenvalue weighted by Crippen LogP contribution is -2.44. The molecule has 2 amide bonds. The molecule has 0 aliphatic rings. The zero-order valence-corrected chi connectivity index (χ0v) is 17.1. The van der Waals surface area contributed by atoms with Crippen molar-refractivity contribution in [2.45, 2.75) is 26.3 Å². The third-order valence-electron chi connectivity index (χ3n) is 3.95. The van der Waals surface area contributed by atoms with Gasteiger partial charge in [-0.15, -0.1) is 0 Å². The Morgan fingerprint density at radius 3 is 2.45 bits per heavy atom. The zero-order valence-electron chi connectivity index (χ0n) is 15.6. The van der Waals surface area contributed by atoms with Gasteiger partial charge in [0.2, 0.25) is 5.91 Å². The number of benzene rings is 2. The minimum absolute atomic E-state index is 0.00495. The van der Waals surface area contributed by atoms with Crippen LogP contribution in [0.5, 0.6) is 5.75 Å². The molecule has 0 unspecified atom stereocenters. The predicted octanol–water partition coefficient (Wildman–Crippen LogP) is 4.39. The fraction of sp³-hybridized carbons (Fsp3) is 0.263. The molecule has 0 aromatic heterocycles. The molecule has 0 radical (unpaired) electrons. The predicted molar refractivity (Wildman–Crippen MR) is 111 cm³/mol. The average Bonchev–Trinajstić information content (AvgIpc) is 2.64. The summed E-state index contributed by atoms with van der Waals surface area (Å²) in [5, 5.41) is 26.1. The van der Waals surface area contributed by atoms with Crippen LogP contribution in [0.2, 0.25) is 10.0 Å². The fourth-order valence-electron chi connectivity index (χ4n) is 2.57. The van der Waals surface area contributed by atoms with E-state index in [0.29, 0.717) is 6.42 Å². The van der Waals surface area contributed by atoms with Crippen molar-refractivity contribution < 1.29 is 19.6 Å². The smallest absolute Gasteiger partial charge is 0.271 e. The molecule has 0 bridgehead atoms. The molecule has 154 valence electrons. The number of nitro benzene ring substituents is 1. The van der Waals surface area contributed by atoms with E-state index in [1.54, 1.807) is 0 Å². The number of aromatic hydroxyl groups is 1. The molecule has 0 saturated carbocycles.